The predicted molar refractivity (Wildman–Crippen MR) is 47.3 cm³/mol. The molecule has 0 aliphatic heterocycles. The van der Waals surface area contributed by atoms with Gasteiger partial charge in [0, 0.05) is 5.56 Å². The summed E-state index contributed by atoms with van der Waals surface area (Å²) in [6, 6.07) is 9.16. The monoisotopic (exact) mass is 164 g/mol. The van der Waals surface area contributed by atoms with Crippen LogP contribution in [0, 0.1) is 0 Å². The lowest BCUT2D eigenvalue weighted by atomic mass is 10.3. The second-order valence-electron chi connectivity index (χ2n) is 1.94. The Hall–Kier alpha value is -1.15. The van der Waals surface area contributed by atoms with Gasteiger partial charge < -0.3 is 0 Å². The van der Waals surface area contributed by atoms with Gasteiger partial charge in [0.1, 0.15) is 6.29 Å². The summed E-state index contributed by atoms with van der Waals surface area (Å²) in [6.07, 6.45) is 0.838. The molecule has 0 aliphatic rings. The van der Waals surface area contributed by atoms with Crippen molar-refractivity contribution in [2.45, 2.75) is 0 Å². The quantitative estimate of drug-likeness (QED) is 0.583. The summed E-state index contributed by atoms with van der Waals surface area (Å²) in [5, 5.41) is 3.88. The Morgan fingerprint density at radius 3 is 2.64 bits per heavy atom. The zero-order valence-electron chi connectivity index (χ0n) is 5.94. The number of carbonyl (C=O) groups excluding carboxylic acids is 1. The fourth-order valence-electron chi connectivity index (χ4n) is 0.633. The Labute approximate surface area is 69.6 Å². The van der Waals surface area contributed by atoms with Crippen LogP contribution < -0.4 is 0 Å². The van der Waals surface area contributed by atoms with Crippen LogP contribution in [0.15, 0.2) is 41.1 Å². The van der Waals surface area contributed by atoms with Crippen molar-refractivity contribution in [2.75, 3.05) is 0 Å². The fraction of sp³-hybridized carbons (Fsp3) is 0. The molecule has 0 unspecified atom stereocenters. The molecule has 1 aromatic heterocycles. The van der Waals surface area contributed by atoms with E-state index in [-0.39, 0.29) is 0 Å². The standard InChI is InChI=1S/C9H8OS/c10-8-9-4-1-2-6-11-7-3-5-9/h1-8H. The summed E-state index contributed by atoms with van der Waals surface area (Å²) in [5.41, 5.74) is 0.688. The van der Waals surface area contributed by atoms with Crippen LogP contribution in [0.25, 0.3) is 0 Å². The minimum Gasteiger partial charge on any atom is -0.298 e. The largest absolute Gasteiger partial charge is 0.298 e. The highest BCUT2D eigenvalue weighted by Crippen LogP contribution is 1.93. The maximum absolute atomic E-state index is 10.4. The van der Waals surface area contributed by atoms with Gasteiger partial charge in [-0.15, -0.1) is 0 Å². The molecule has 0 radical (unpaired) electrons. The Morgan fingerprint density at radius 1 is 1.09 bits per heavy atom. The molecular formula is C9H8OS. The molecule has 56 valence electrons. The molecule has 0 saturated heterocycles. The second kappa shape index (κ2) is 4.63. The molecule has 0 fully saturated rings. The van der Waals surface area contributed by atoms with Crippen molar-refractivity contribution in [3.8, 4) is 0 Å². The van der Waals surface area contributed by atoms with Crippen molar-refractivity contribution in [2.24, 2.45) is 0 Å². The van der Waals surface area contributed by atoms with E-state index in [1.807, 2.05) is 29.0 Å². The van der Waals surface area contributed by atoms with Gasteiger partial charge in [-0.1, -0.05) is 30.3 Å². The Morgan fingerprint density at radius 2 is 1.82 bits per heavy atom. The molecule has 0 N–H and O–H groups in total. The average molecular weight is 164 g/mol. The van der Waals surface area contributed by atoms with Gasteiger partial charge in [0.15, 0.2) is 0 Å². The van der Waals surface area contributed by atoms with E-state index in [1.54, 1.807) is 23.5 Å². The Bertz CT molecular complexity index is 253. The van der Waals surface area contributed by atoms with E-state index in [9.17, 15) is 4.79 Å². The molecule has 1 aromatic rings. The molecular weight excluding hydrogens is 156 g/mol. The van der Waals surface area contributed by atoms with Crippen molar-refractivity contribution in [1.82, 2.24) is 0 Å². The third-order valence-corrected chi connectivity index (χ3v) is 1.77. The lowest BCUT2D eigenvalue weighted by Crippen LogP contribution is -1.70. The minimum atomic E-state index is 0.688. The van der Waals surface area contributed by atoms with Crippen molar-refractivity contribution in [3.63, 3.8) is 0 Å². The van der Waals surface area contributed by atoms with E-state index < -0.39 is 0 Å². The minimum absolute atomic E-state index is 0.688. The molecule has 0 bridgehead atoms. The van der Waals surface area contributed by atoms with E-state index in [2.05, 4.69) is 0 Å². The average Bonchev–Trinajstić information content (AvgIpc) is 2.16. The molecule has 0 saturated carbocycles. The molecule has 0 aromatic carbocycles. The summed E-state index contributed by atoms with van der Waals surface area (Å²) in [7, 11) is 0. The van der Waals surface area contributed by atoms with Crippen LogP contribution in [-0.4, -0.2) is 6.29 Å². The lowest BCUT2D eigenvalue weighted by Gasteiger charge is -1.76. The highest BCUT2D eigenvalue weighted by Gasteiger charge is 1.78. The first-order chi connectivity index (χ1) is 5.43. The molecule has 11 heavy (non-hydrogen) atoms. The Balaban J connectivity index is 3.16. The third kappa shape index (κ3) is 2.96. The van der Waals surface area contributed by atoms with Crippen LogP contribution in [0.3, 0.4) is 0 Å². The van der Waals surface area contributed by atoms with Gasteiger partial charge in [0.05, 0.1) is 0 Å². The molecule has 0 aliphatic carbocycles. The van der Waals surface area contributed by atoms with Crippen molar-refractivity contribution >= 4 is 17.6 Å². The van der Waals surface area contributed by atoms with Gasteiger partial charge in [-0.25, -0.2) is 0 Å². The van der Waals surface area contributed by atoms with E-state index in [1.165, 1.54) is 0 Å². The van der Waals surface area contributed by atoms with E-state index >= 15 is 0 Å². The first kappa shape index (κ1) is 7.95. The normalized spacial score (nSPS) is 8.36. The molecule has 0 atom stereocenters. The fourth-order valence-corrected chi connectivity index (χ4v) is 1.07. The lowest BCUT2D eigenvalue weighted by molar-refractivity contribution is 0.112. The molecule has 1 nitrogen and oxygen atoms in total. The summed E-state index contributed by atoms with van der Waals surface area (Å²) < 4.78 is 0. The van der Waals surface area contributed by atoms with Crippen molar-refractivity contribution < 1.29 is 4.79 Å². The topological polar surface area (TPSA) is 17.1 Å². The van der Waals surface area contributed by atoms with Crippen LogP contribution in [0.2, 0.25) is 0 Å². The SMILES string of the molecule is O=Cc1ccccsccc1. The van der Waals surface area contributed by atoms with Gasteiger partial charge >= 0.3 is 0 Å². The van der Waals surface area contributed by atoms with E-state index in [0.29, 0.717) is 5.56 Å². The van der Waals surface area contributed by atoms with Crippen LogP contribution in [-0.2, 0) is 0 Å². The molecule has 2 heteroatoms. The van der Waals surface area contributed by atoms with Crippen LogP contribution in [0.1, 0.15) is 10.4 Å². The number of rotatable bonds is 1. The first-order valence-corrected chi connectivity index (χ1v) is 4.18. The predicted octanol–water partition coefficient (Wildman–Crippen LogP) is 2.69. The van der Waals surface area contributed by atoms with E-state index in [4.69, 9.17) is 0 Å². The third-order valence-electron chi connectivity index (χ3n) is 1.14. The van der Waals surface area contributed by atoms with E-state index in [0.717, 1.165) is 6.29 Å². The first-order valence-electron chi connectivity index (χ1n) is 3.24. The van der Waals surface area contributed by atoms with Crippen LogP contribution >= 0.6 is 11.3 Å². The number of hydrogen-bond donors (Lipinski definition) is 0. The zero-order chi connectivity index (χ0) is 7.94. The molecule has 1 rings (SSSR count). The Kier molecular flexibility index (Phi) is 3.35. The number of aldehydes is 1. The van der Waals surface area contributed by atoms with Gasteiger partial charge in [0.25, 0.3) is 0 Å². The molecule has 0 spiro atoms. The summed E-state index contributed by atoms with van der Waals surface area (Å²) in [6.45, 7) is 0. The summed E-state index contributed by atoms with van der Waals surface area (Å²) in [5.74, 6) is 0. The van der Waals surface area contributed by atoms with Crippen molar-refractivity contribution in [1.29, 1.82) is 0 Å². The zero-order valence-corrected chi connectivity index (χ0v) is 6.75. The highest BCUT2D eigenvalue weighted by molar-refractivity contribution is 7.07. The number of carbonyl (C=O) groups is 1. The van der Waals surface area contributed by atoms with Gasteiger partial charge in [-0.2, -0.15) is 11.3 Å². The van der Waals surface area contributed by atoms with Crippen LogP contribution in [0.5, 0.6) is 0 Å². The summed E-state index contributed by atoms with van der Waals surface area (Å²) in [4.78, 5) is 10.4. The molecule has 1 heterocycles. The number of hydrogen-bond acceptors (Lipinski definition) is 2. The van der Waals surface area contributed by atoms with Crippen molar-refractivity contribution in [3.05, 3.63) is 46.7 Å². The second-order valence-corrected chi connectivity index (χ2v) is 2.75. The van der Waals surface area contributed by atoms with Gasteiger partial charge in [0.2, 0.25) is 0 Å². The summed E-state index contributed by atoms with van der Waals surface area (Å²) >= 11 is 1.58. The van der Waals surface area contributed by atoms with Crippen LogP contribution in [0.4, 0.5) is 0 Å². The van der Waals surface area contributed by atoms with Gasteiger partial charge in [-0.3, -0.25) is 4.79 Å². The highest BCUT2D eigenvalue weighted by atomic mass is 32.1. The maximum Gasteiger partial charge on any atom is 0.150 e. The maximum atomic E-state index is 10.4. The molecule has 0 amide bonds. The van der Waals surface area contributed by atoms with Gasteiger partial charge in [-0.05, 0) is 10.8 Å². The smallest absolute Gasteiger partial charge is 0.150 e.